The van der Waals surface area contributed by atoms with Gasteiger partial charge in [-0.15, -0.1) is 0 Å². The van der Waals surface area contributed by atoms with E-state index in [1.807, 2.05) is 0 Å². The molecule has 0 aliphatic heterocycles. The topological polar surface area (TPSA) is 68.2 Å². The van der Waals surface area contributed by atoms with Gasteiger partial charge in [-0.25, -0.2) is 0 Å². The highest BCUT2D eigenvalue weighted by atomic mass is 16.5. The minimum atomic E-state index is -0.0788. The number of hydrogen-bond donors (Lipinski definition) is 2. The number of phenolic OH excluding ortho intramolecular Hbond substituents is 2. The molecule has 0 aliphatic rings. The molecule has 0 aliphatic carbocycles. The second-order valence-corrected chi connectivity index (χ2v) is 3.84. The fraction of sp³-hybridized carbons (Fsp3) is 0.143. The third-order valence-corrected chi connectivity index (χ3v) is 2.44. The SMILES string of the molecule is COc1cc(OC)cc(Oc2cc(O)cc(O)c2)c1. The van der Waals surface area contributed by atoms with Crippen molar-refractivity contribution in [3.05, 3.63) is 36.4 Å². The highest BCUT2D eigenvalue weighted by Crippen LogP contribution is 2.33. The molecule has 0 aromatic heterocycles. The Morgan fingerprint density at radius 2 is 1.05 bits per heavy atom. The Morgan fingerprint density at radius 3 is 1.53 bits per heavy atom. The molecule has 2 aromatic rings. The maximum Gasteiger partial charge on any atom is 0.134 e. The van der Waals surface area contributed by atoms with Crippen LogP contribution in [-0.2, 0) is 0 Å². The molecular weight excluding hydrogens is 248 g/mol. The number of benzene rings is 2. The molecule has 0 unspecified atom stereocenters. The van der Waals surface area contributed by atoms with E-state index in [1.165, 1.54) is 18.2 Å². The summed E-state index contributed by atoms with van der Waals surface area (Å²) in [7, 11) is 3.08. The van der Waals surface area contributed by atoms with E-state index < -0.39 is 0 Å². The van der Waals surface area contributed by atoms with Gasteiger partial charge in [0.05, 0.1) is 14.2 Å². The summed E-state index contributed by atoms with van der Waals surface area (Å²) < 4.78 is 15.8. The molecule has 0 saturated heterocycles. The van der Waals surface area contributed by atoms with Gasteiger partial charge in [0.1, 0.15) is 34.5 Å². The van der Waals surface area contributed by atoms with Gasteiger partial charge in [0.25, 0.3) is 0 Å². The van der Waals surface area contributed by atoms with Gasteiger partial charge in [0.2, 0.25) is 0 Å². The monoisotopic (exact) mass is 262 g/mol. The van der Waals surface area contributed by atoms with Crippen LogP contribution in [0.4, 0.5) is 0 Å². The molecule has 0 heterocycles. The van der Waals surface area contributed by atoms with Gasteiger partial charge in [0.15, 0.2) is 0 Å². The first-order valence-corrected chi connectivity index (χ1v) is 5.54. The van der Waals surface area contributed by atoms with Gasteiger partial charge in [-0.05, 0) is 0 Å². The van der Waals surface area contributed by atoms with E-state index in [-0.39, 0.29) is 11.5 Å². The van der Waals surface area contributed by atoms with Crippen molar-refractivity contribution in [1.82, 2.24) is 0 Å². The van der Waals surface area contributed by atoms with Gasteiger partial charge in [-0.3, -0.25) is 0 Å². The average Bonchev–Trinajstić information content (AvgIpc) is 2.37. The van der Waals surface area contributed by atoms with Crippen molar-refractivity contribution >= 4 is 0 Å². The van der Waals surface area contributed by atoms with Crippen LogP contribution in [0.25, 0.3) is 0 Å². The Labute approximate surface area is 110 Å². The zero-order chi connectivity index (χ0) is 13.8. The maximum atomic E-state index is 9.38. The lowest BCUT2D eigenvalue weighted by atomic mass is 10.3. The third kappa shape index (κ3) is 3.22. The smallest absolute Gasteiger partial charge is 0.134 e. The van der Waals surface area contributed by atoms with E-state index in [1.54, 1.807) is 32.4 Å². The summed E-state index contributed by atoms with van der Waals surface area (Å²) >= 11 is 0. The molecule has 0 saturated carbocycles. The quantitative estimate of drug-likeness (QED) is 0.886. The van der Waals surface area contributed by atoms with Gasteiger partial charge in [-0.2, -0.15) is 0 Å². The summed E-state index contributed by atoms with van der Waals surface area (Å²) in [5.41, 5.74) is 0. The Balaban J connectivity index is 2.31. The second kappa shape index (κ2) is 5.39. The largest absolute Gasteiger partial charge is 0.508 e. The zero-order valence-corrected chi connectivity index (χ0v) is 10.6. The first kappa shape index (κ1) is 12.9. The van der Waals surface area contributed by atoms with Crippen molar-refractivity contribution in [3.8, 4) is 34.5 Å². The van der Waals surface area contributed by atoms with Crippen molar-refractivity contribution in [3.63, 3.8) is 0 Å². The molecule has 2 aromatic carbocycles. The van der Waals surface area contributed by atoms with Crippen LogP contribution in [0.2, 0.25) is 0 Å². The Bertz CT molecular complexity index is 538. The molecule has 0 bridgehead atoms. The molecule has 19 heavy (non-hydrogen) atoms. The molecule has 0 fully saturated rings. The lowest BCUT2D eigenvalue weighted by Crippen LogP contribution is -1.90. The highest BCUT2D eigenvalue weighted by molar-refractivity contribution is 5.46. The summed E-state index contributed by atoms with van der Waals surface area (Å²) in [4.78, 5) is 0. The number of phenols is 2. The zero-order valence-electron chi connectivity index (χ0n) is 10.6. The van der Waals surface area contributed by atoms with E-state index in [2.05, 4.69) is 0 Å². The van der Waals surface area contributed by atoms with E-state index in [0.717, 1.165) is 0 Å². The fourth-order valence-electron chi connectivity index (χ4n) is 1.60. The normalized spacial score (nSPS) is 10.0. The third-order valence-electron chi connectivity index (χ3n) is 2.44. The van der Waals surface area contributed by atoms with E-state index in [0.29, 0.717) is 23.0 Å². The maximum absolute atomic E-state index is 9.38. The number of ether oxygens (including phenoxy) is 3. The minimum Gasteiger partial charge on any atom is -0.508 e. The molecule has 2 rings (SSSR count). The van der Waals surface area contributed by atoms with Crippen molar-refractivity contribution < 1.29 is 24.4 Å². The van der Waals surface area contributed by atoms with Gasteiger partial charge in [-0.1, -0.05) is 0 Å². The van der Waals surface area contributed by atoms with Crippen LogP contribution in [-0.4, -0.2) is 24.4 Å². The van der Waals surface area contributed by atoms with Gasteiger partial charge >= 0.3 is 0 Å². The van der Waals surface area contributed by atoms with Crippen LogP contribution >= 0.6 is 0 Å². The lowest BCUT2D eigenvalue weighted by Gasteiger charge is -2.10. The fourth-order valence-corrected chi connectivity index (χ4v) is 1.60. The molecule has 0 radical (unpaired) electrons. The van der Waals surface area contributed by atoms with Crippen molar-refractivity contribution in [1.29, 1.82) is 0 Å². The molecule has 100 valence electrons. The van der Waals surface area contributed by atoms with Crippen LogP contribution < -0.4 is 14.2 Å². The van der Waals surface area contributed by atoms with Gasteiger partial charge < -0.3 is 24.4 Å². The van der Waals surface area contributed by atoms with Crippen LogP contribution in [0.3, 0.4) is 0 Å². The molecular formula is C14H14O5. The number of rotatable bonds is 4. The lowest BCUT2D eigenvalue weighted by molar-refractivity contribution is 0.385. The van der Waals surface area contributed by atoms with E-state index >= 15 is 0 Å². The summed E-state index contributed by atoms with van der Waals surface area (Å²) in [5, 5.41) is 18.8. The molecule has 0 atom stereocenters. The van der Waals surface area contributed by atoms with Crippen molar-refractivity contribution in [2.75, 3.05) is 14.2 Å². The van der Waals surface area contributed by atoms with E-state index in [9.17, 15) is 10.2 Å². The number of hydrogen-bond acceptors (Lipinski definition) is 5. The highest BCUT2D eigenvalue weighted by Gasteiger charge is 2.06. The summed E-state index contributed by atoms with van der Waals surface area (Å²) in [6, 6.07) is 9.07. The van der Waals surface area contributed by atoms with Crippen molar-refractivity contribution in [2.45, 2.75) is 0 Å². The first-order chi connectivity index (χ1) is 9.10. The minimum absolute atomic E-state index is 0.0788. The Kier molecular flexibility index (Phi) is 3.66. The molecule has 5 heteroatoms. The van der Waals surface area contributed by atoms with Crippen LogP contribution in [0.1, 0.15) is 0 Å². The average molecular weight is 262 g/mol. The first-order valence-electron chi connectivity index (χ1n) is 5.54. The number of aromatic hydroxyl groups is 2. The molecule has 0 amide bonds. The molecule has 0 spiro atoms. The molecule has 5 nitrogen and oxygen atoms in total. The van der Waals surface area contributed by atoms with Crippen LogP contribution in [0.5, 0.6) is 34.5 Å². The number of methoxy groups -OCH3 is 2. The van der Waals surface area contributed by atoms with Gasteiger partial charge in [0, 0.05) is 36.4 Å². The summed E-state index contributed by atoms with van der Waals surface area (Å²) in [6.07, 6.45) is 0. The predicted octanol–water partition coefficient (Wildman–Crippen LogP) is 2.91. The second-order valence-electron chi connectivity index (χ2n) is 3.84. The standard InChI is InChI=1S/C14H14O5/c1-17-11-6-12(18-2)8-14(7-11)19-13-4-9(15)3-10(16)5-13/h3-8,15-16H,1-2H3. The Morgan fingerprint density at radius 1 is 0.632 bits per heavy atom. The summed E-state index contributed by atoms with van der Waals surface area (Å²) in [5.74, 6) is 1.79. The van der Waals surface area contributed by atoms with Crippen LogP contribution in [0.15, 0.2) is 36.4 Å². The molecule has 2 N–H and O–H groups in total. The predicted molar refractivity (Wildman–Crippen MR) is 69.4 cm³/mol. The Hall–Kier alpha value is -2.56. The van der Waals surface area contributed by atoms with Crippen molar-refractivity contribution in [2.24, 2.45) is 0 Å². The summed E-state index contributed by atoms with van der Waals surface area (Å²) in [6.45, 7) is 0. The van der Waals surface area contributed by atoms with Crippen LogP contribution in [0, 0.1) is 0 Å². The van der Waals surface area contributed by atoms with E-state index in [4.69, 9.17) is 14.2 Å².